The van der Waals surface area contributed by atoms with Crippen molar-refractivity contribution in [3.05, 3.63) is 107 Å². The Balaban J connectivity index is 1.29. The molecule has 4 aromatic rings. The number of carbonyl (C=O) groups excluding carboxylic acids is 1. The largest absolute Gasteiger partial charge is 0.477 e. The second kappa shape index (κ2) is 9.73. The number of aliphatic hydroxyl groups is 1. The van der Waals surface area contributed by atoms with Gasteiger partial charge in [0.05, 0.1) is 17.4 Å². The summed E-state index contributed by atoms with van der Waals surface area (Å²) in [5, 5.41) is 25.8. The van der Waals surface area contributed by atoms with E-state index in [0.717, 1.165) is 40.0 Å². The number of carboxylic acid groups (broad SMARTS) is 1. The van der Waals surface area contributed by atoms with Gasteiger partial charge in [-0.1, -0.05) is 74.5 Å². The number of aliphatic hydroxyl groups excluding tert-OH is 1. The summed E-state index contributed by atoms with van der Waals surface area (Å²) in [6.07, 6.45) is 2.73. The van der Waals surface area contributed by atoms with Crippen molar-refractivity contribution in [2.45, 2.75) is 51.6 Å². The van der Waals surface area contributed by atoms with Crippen LogP contribution in [0.3, 0.4) is 0 Å². The minimum absolute atomic E-state index is 0.128. The lowest BCUT2D eigenvalue weighted by molar-refractivity contribution is -0.427. The normalized spacial score (nSPS) is 23.5. The van der Waals surface area contributed by atoms with Crippen molar-refractivity contribution in [1.82, 2.24) is 0 Å². The number of anilines is 1. The Morgan fingerprint density at radius 2 is 1.50 bits per heavy atom. The summed E-state index contributed by atoms with van der Waals surface area (Å²) in [6, 6.07) is 24.7. The maximum Gasteiger partial charge on any atom is 0.370 e. The van der Waals surface area contributed by atoms with Gasteiger partial charge in [-0.3, -0.25) is 4.79 Å². The quantitative estimate of drug-likeness (QED) is 0.203. The van der Waals surface area contributed by atoms with Gasteiger partial charge in [-0.15, -0.1) is 0 Å². The summed E-state index contributed by atoms with van der Waals surface area (Å²) in [7, 11) is 0. The molecule has 0 spiro atoms. The number of carboxylic acids is 1. The fraction of sp³-hybridized carbons (Fsp3) is 0.289. The molecule has 0 radical (unpaired) electrons. The first kappa shape index (κ1) is 28.2. The zero-order valence-corrected chi connectivity index (χ0v) is 25.8. The predicted octanol–water partition coefficient (Wildman–Crippen LogP) is 6.64. The Morgan fingerprint density at radius 3 is 2.11 bits per heavy atom. The molecule has 222 valence electrons. The molecule has 4 aromatic carbocycles. The molecule has 2 unspecified atom stereocenters. The van der Waals surface area contributed by atoms with Crippen LogP contribution in [-0.2, 0) is 20.4 Å². The van der Waals surface area contributed by atoms with Gasteiger partial charge >= 0.3 is 5.97 Å². The number of aliphatic carboxylic acids is 1. The van der Waals surface area contributed by atoms with Gasteiger partial charge in [-0.05, 0) is 60.0 Å². The lowest BCUT2D eigenvalue weighted by Crippen LogP contribution is -2.46. The van der Waals surface area contributed by atoms with E-state index in [9.17, 15) is 19.8 Å². The van der Waals surface area contributed by atoms with Gasteiger partial charge in [0, 0.05) is 46.6 Å². The number of carbonyl (C=O) groups is 2. The van der Waals surface area contributed by atoms with E-state index in [2.05, 4.69) is 75.9 Å². The Morgan fingerprint density at radius 1 is 0.886 bits per heavy atom. The highest BCUT2D eigenvalue weighted by molar-refractivity contribution is 6.15. The SMILES string of the molecule is CCN1C(=CC2C(=O)C(=CC3=[N+](CC(=O)O)c4ccc5ccccc5c4C3(C)C)C2O)C(C)(C)c2c1ccc1ccccc21. The first-order valence-electron chi connectivity index (χ1n) is 15.3. The van der Waals surface area contributed by atoms with Crippen molar-refractivity contribution >= 4 is 50.4 Å². The second-order valence-corrected chi connectivity index (χ2v) is 13.2. The van der Waals surface area contributed by atoms with Crippen LogP contribution in [0.1, 0.15) is 45.7 Å². The number of rotatable bonds is 5. The summed E-state index contributed by atoms with van der Waals surface area (Å²) in [4.78, 5) is 28.1. The molecule has 2 N–H and O–H groups in total. The number of allylic oxidation sites excluding steroid dienone is 2. The molecule has 3 aliphatic rings. The minimum atomic E-state index is -0.986. The van der Waals surface area contributed by atoms with Gasteiger partial charge in [0.15, 0.2) is 11.5 Å². The van der Waals surface area contributed by atoms with Crippen molar-refractivity contribution in [2.75, 3.05) is 18.0 Å². The summed E-state index contributed by atoms with van der Waals surface area (Å²) in [5.74, 6) is -1.76. The monoisotopic (exact) mass is 585 g/mol. The molecule has 0 bridgehead atoms. The summed E-state index contributed by atoms with van der Waals surface area (Å²) in [6.45, 7) is 11.1. The lowest BCUT2D eigenvalue weighted by atomic mass is 9.70. The second-order valence-electron chi connectivity index (χ2n) is 13.2. The highest BCUT2D eigenvalue weighted by Gasteiger charge is 2.51. The predicted molar refractivity (Wildman–Crippen MR) is 175 cm³/mol. The molecule has 6 nitrogen and oxygen atoms in total. The Kier molecular flexibility index (Phi) is 6.24. The van der Waals surface area contributed by atoms with E-state index in [4.69, 9.17) is 0 Å². The maximum atomic E-state index is 13.8. The molecule has 1 saturated carbocycles. The van der Waals surface area contributed by atoms with Gasteiger partial charge < -0.3 is 15.1 Å². The molecule has 0 aromatic heterocycles. The lowest BCUT2D eigenvalue weighted by Gasteiger charge is -2.35. The highest BCUT2D eigenvalue weighted by Crippen LogP contribution is 2.52. The van der Waals surface area contributed by atoms with Gasteiger partial charge in [-0.2, -0.15) is 4.58 Å². The van der Waals surface area contributed by atoms with E-state index in [0.29, 0.717) is 11.3 Å². The molecule has 2 atom stereocenters. The third-order valence-electron chi connectivity index (χ3n) is 9.99. The Bertz CT molecular complexity index is 2010. The zero-order valence-electron chi connectivity index (χ0n) is 25.8. The van der Waals surface area contributed by atoms with Crippen LogP contribution in [0.25, 0.3) is 21.5 Å². The topological polar surface area (TPSA) is 80.9 Å². The van der Waals surface area contributed by atoms with Gasteiger partial charge in [0.1, 0.15) is 0 Å². The summed E-state index contributed by atoms with van der Waals surface area (Å²) < 4.78 is 1.78. The van der Waals surface area contributed by atoms with E-state index in [1.54, 1.807) is 10.7 Å². The van der Waals surface area contributed by atoms with Crippen LogP contribution in [0.15, 0.2) is 96.2 Å². The van der Waals surface area contributed by atoms with Crippen LogP contribution in [0.4, 0.5) is 11.4 Å². The van der Waals surface area contributed by atoms with Crippen LogP contribution in [0.5, 0.6) is 0 Å². The number of hydrogen-bond donors (Lipinski definition) is 2. The zero-order chi connectivity index (χ0) is 31.1. The van der Waals surface area contributed by atoms with Gasteiger partial charge in [-0.25, -0.2) is 4.79 Å². The molecule has 2 aliphatic heterocycles. The van der Waals surface area contributed by atoms with Crippen LogP contribution in [0.2, 0.25) is 0 Å². The average Bonchev–Trinajstić information content (AvgIpc) is 3.36. The molecule has 0 saturated heterocycles. The number of benzene rings is 4. The molecule has 7 rings (SSSR count). The fourth-order valence-electron chi connectivity index (χ4n) is 7.90. The molecule has 44 heavy (non-hydrogen) atoms. The number of Topliss-reactive ketones (excluding diaryl/α,β-unsaturated/α-hetero) is 1. The van der Waals surface area contributed by atoms with Crippen molar-refractivity contribution in [1.29, 1.82) is 0 Å². The standard InChI is InChI=1S/C38H36N2O4/c1-6-39-28-17-15-22-11-7-9-13-24(22)33(28)37(2,3)30(39)19-26-35(43)27(36(26)44)20-31-38(4,5)34-25-14-10-8-12-23(25)16-18-29(34)40(31)21-32(41)42/h7-20,26,35,43H,6,21H2,1-5H3/p+1. The number of hydrogen-bond acceptors (Lipinski definition) is 4. The van der Waals surface area contributed by atoms with Crippen molar-refractivity contribution in [3.8, 4) is 0 Å². The van der Waals surface area contributed by atoms with Crippen LogP contribution < -0.4 is 4.90 Å². The molecule has 6 heteroatoms. The summed E-state index contributed by atoms with van der Waals surface area (Å²) in [5.41, 5.74) is 5.31. The minimum Gasteiger partial charge on any atom is -0.477 e. The third-order valence-corrected chi connectivity index (χ3v) is 9.99. The van der Waals surface area contributed by atoms with Crippen molar-refractivity contribution in [2.24, 2.45) is 5.92 Å². The third kappa shape index (κ3) is 3.87. The highest BCUT2D eigenvalue weighted by atomic mass is 16.4. The average molecular weight is 586 g/mol. The number of likely N-dealkylation sites (N-methyl/N-ethyl adjacent to an activating group) is 1. The number of nitrogens with zero attached hydrogens (tertiary/aromatic N) is 2. The van der Waals surface area contributed by atoms with Crippen LogP contribution in [0, 0.1) is 5.92 Å². The Labute approximate surface area is 257 Å². The van der Waals surface area contributed by atoms with Gasteiger partial charge in [0.25, 0.3) is 0 Å². The van der Waals surface area contributed by atoms with Gasteiger partial charge in [0.2, 0.25) is 12.2 Å². The smallest absolute Gasteiger partial charge is 0.370 e. The van der Waals surface area contributed by atoms with Crippen LogP contribution >= 0.6 is 0 Å². The molecular weight excluding hydrogens is 548 g/mol. The van der Waals surface area contributed by atoms with E-state index in [1.165, 1.54) is 16.3 Å². The molecule has 2 heterocycles. The fourth-order valence-corrected chi connectivity index (χ4v) is 7.90. The molecule has 1 aliphatic carbocycles. The van der Waals surface area contributed by atoms with E-state index in [-0.39, 0.29) is 17.7 Å². The van der Waals surface area contributed by atoms with E-state index in [1.807, 2.05) is 42.5 Å². The van der Waals surface area contributed by atoms with Crippen LogP contribution in [-0.4, -0.2) is 51.4 Å². The van der Waals surface area contributed by atoms with E-state index < -0.39 is 23.4 Å². The first-order valence-corrected chi connectivity index (χ1v) is 15.3. The molecular formula is C38H37N2O4+. The summed E-state index contributed by atoms with van der Waals surface area (Å²) >= 11 is 0. The number of fused-ring (bicyclic) bond motifs is 6. The maximum absolute atomic E-state index is 13.8. The first-order chi connectivity index (χ1) is 21.0. The molecule has 1 fully saturated rings. The molecule has 0 amide bonds. The van der Waals surface area contributed by atoms with Crippen molar-refractivity contribution in [3.63, 3.8) is 0 Å². The van der Waals surface area contributed by atoms with Crippen molar-refractivity contribution < 1.29 is 24.4 Å². The Hall–Kier alpha value is -4.55. The van der Waals surface area contributed by atoms with E-state index >= 15 is 0 Å². The number of ketones is 1.